The molecule has 1 aliphatic heterocycles. The van der Waals surface area contributed by atoms with Gasteiger partial charge in [0, 0.05) is 37.9 Å². The van der Waals surface area contributed by atoms with Crippen LogP contribution in [0.25, 0.3) is 0 Å². The van der Waals surface area contributed by atoms with E-state index in [0.29, 0.717) is 31.7 Å². The average Bonchev–Trinajstić information content (AvgIpc) is 2.67. The second-order valence-electron chi connectivity index (χ2n) is 6.69. The molecule has 1 N–H and O–H groups in total. The van der Waals surface area contributed by atoms with Gasteiger partial charge in [-0.15, -0.1) is 0 Å². The van der Waals surface area contributed by atoms with E-state index >= 15 is 0 Å². The molecule has 0 bridgehead atoms. The maximum atomic E-state index is 12.9. The fourth-order valence-electron chi connectivity index (χ4n) is 2.95. The van der Waals surface area contributed by atoms with Crippen molar-refractivity contribution in [1.82, 2.24) is 19.5 Å². The summed E-state index contributed by atoms with van der Waals surface area (Å²) in [5.74, 6) is -0.311. The second kappa shape index (κ2) is 8.16. The number of likely N-dealkylation sites (N-methyl/N-ethyl adjacent to an activating group) is 1. The SMILES string of the molecule is Cc1ccc(S(=O)(=O)N2CCN(C)CC2)cc1C(=O)NCc1ccccn1. The standard InChI is InChI=1S/C19H24N4O3S/c1-15-6-7-17(27(25,26)23-11-9-22(2)10-12-23)13-18(15)19(24)21-14-16-5-3-4-8-20-16/h3-8,13H,9-12,14H2,1-2H3,(H,21,24). The summed E-state index contributed by atoms with van der Waals surface area (Å²) in [4.78, 5) is 19.0. The van der Waals surface area contributed by atoms with E-state index in [9.17, 15) is 13.2 Å². The maximum Gasteiger partial charge on any atom is 0.251 e. The van der Waals surface area contributed by atoms with Crippen LogP contribution < -0.4 is 5.32 Å². The van der Waals surface area contributed by atoms with Crippen molar-refractivity contribution in [3.8, 4) is 0 Å². The smallest absolute Gasteiger partial charge is 0.251 e. The molecule has 8 heteroatoms. The van der Waals surface area contributed by atoms with E-state index < -0.39 is 10.0 Å². The molecule has 144 valence electrons. The molecule has 0 unspecified atom stereocenters. The van der Waals surface area contributed by atoms with Crippen LogP contribution in [0.3, 0.4) is 0 Å². The number of nitrogens with zero attached hydrogens (tertiary/aromatic N) is 3. The molecule has 1 amide bonds. The quantitative estimate of drug-likeness (QED) is 0.834. The van der Waals surface area contributed by atoms with Gasteiger partial charge in [0.1, 0.15) is 0 Å². The zero-order chi connectivity index (χ0) is 19.4. The average molecular weight is 388 g/mol. The Bertz CT molecular complexity index is 908. The van der Waals surface area contributed by atoms with E-state index in [1.165, 1.54) is 10.4 Å². The van der Waals surface area contributed by atoms with Gasteiger partial charge in [-0.25, -0.2) is 8.42 Å². The fraction of sp³-hybridized carbons (Fsp3) is 0.368. The molecule has 3 rings (SSSR count). The molecular formula is C19H24N4O3S. The normalized spacial score (nSPS) is 16.2. The van der Waals surface area contributed by atoms with Gasteiger partial charge in [-0.05, 0) is 43.8 Å². The molecule has 27 heavy (non-hydrogen) atoms. The number of nitrogens with one attached hydrogen (secondary N) is 1. The van der Waals surface area contributed by atoms with Gasteiger partial charge in [0.15, 0.2) is 0 Å². The van der Waals surface area contributed by atoms with Crippen molar-refractivity contribution >= 4 is 15.9 Å². The maximum absolute atomic E-state index is 12.9. The van der Waals surface area contributed by atoms with Crippen LogP contribution in [-0.2, 0) is 16.6 Å². The van der Waals surface area contributed by atoms with Gasteiger partial charge in [0.05, 0.1) is 17.1 Å². The van der Waals surface area contributed by atoms with Crippen molar-refractivity contribution in [2.45, 2.75) is 18.4 Å². The van der Waals surface area contributed by atoms with Crippen LogP contribution in [0.2, 0.25) is 0 Å². The number of pyridine rings is 1. The number of carbonyl (C=O) groups is 1. The molecule has 2 aromatic rings. The van der Waals surface area contributed by atoms with Crippen LogP contribution in [0.4, 0.5) is 0 Å². The first kappa shape index (κ1) is 19.5. The number of aromatic nitrogens is 1. The molecule has 0 spiro atoms. The van der Waals surface area contributed by atoms with Crippen molar-refractivity contribution in [1.29, 1.82) is 0 Å². The summed E-state index contributed by atoms with van der Waals surface area (Å²) in [6.45, 7) is 4.38. The highest BCUT2D eigenvalue weighted by Crippen LogP contribution is 2.21. The first-order valence-corrected chi connectivity index (χ1v) is 10.3. The van der Waals surface area contributed by atoms with Crippen molar-refractivity contribution in [3.63, 3.8) is 0 Å². The van der Waals surface area contributed by atoms with E-state index in [1.54, 1.807) is 25.3 Å². The first-order chi connectivity index (χ1) is 12.9. The number of benzene rings is 1. The van der Waals surface area contributed by atoms with Crippen LogP contribution in [0, 0.1) is 6.92 Å². The minimum atomic E-state index is -3.61. The number of sulfonamides is 1. The van der Waals surface area contributed by atoms with Crippen molar-refractivity contribution < 1.29 is 13.2 Å². The third-order valence-electron chi connectivity index (χ3n) is 4.71. The highest BCUT2D eigenvalue weighted by molar-refractivity contribution is 7.89. The minimum Gasteiger partial charge on any atom is -0.346 e. The largest absolute Gasteiger partial charge is 0.346 e. The lowest BCUT2D eigenvalue weighted by Gasteiger charge is -2.31. The Balaban J connectivity index is 1.78. The highest BCUT2D eigenvalue weighted by Gasteiger charge is 2.28. The lowest BCUT2D eigenvalue weighted by Crippen LogP contribution is -2.47. The number of piperazine rings is 1. The number of aryl methyl sites for hydroxylation is 1. The Hall–Kier alpha value is -2.29. The van der Waals surface area contributed by atoms with Gasteiger partial charge in [-0.3, -0.25) is 9.78 Å². The van der Waals surface area contributed by atoms with E-state index in [0.717, 1.165) is 11.3 Å². The number of hydrogen-bond donors (Lipinski definition) is 1. The third kappa shape index (κ3) is 4.52. The molecule has 2 heterocycles. The molecule has 0 radical (unpaired) electrons. The number of carbonyl (C=O) groups excluding carboxylic acids is 1. The van der Waals surface area contributed by atoms with Crippen LogP contribution in [0.15, 0.2) is 47.5 Å². The Morgan fingerprint density at radius 3 is 2.56 bits per heavy atom. The van der Waals surface area contributed by atoms with Crippen LogP contribution in [-0.4, -0.2) is 61.7 Å². The minimum absolute atomic E-state index is 0.153. The topological polar surface area (TPSA) is 82.6 Å². The number of amides is 1. The Labute approximate surface area is 160 Å². The molecule has 1 aromatic heterocycles. The highest BCUT2D eigenvalue weighted by atomic mass is 32.2. The van der Waals surface area contributed by atoms with E-state index in [1.807, 2.05) is 25.2 Å². The predicted octanol–water partition coefficient (Wildman–Crippen LogP) is 1.26. The molecule has 0 saturated carbocycles. The van der Waals surface area contributed by atoms with E-state index in [2.05, 4.69) is 15.2 Å². The van der Waals surface area contributed by atoms with Gasteiger partial charge in [0.2, 0.25) is 10.0 Å². The lowest BCUT2D eigenvalue weighted by molar-refractivity contribution is 0.0949. The summed E-state index contributed by atoms with van der Waals surface area (Å²) in [5.41, 5.74) is 1.83. The summed E-state index contributed by atoms with van der Waals surface area (Å²) in [6.07, 6.45) is 1.66. The Morgan fingerprint density at radius 1 is 1.15 bits per heavy atom. The summed E-state index contributed by atoms with van der Waals surface area (Å²) in [5, 5.41) is 2.80. The molecule has 1 aromatic carbocycles. The summed E-state index contributed by atoms with van der Waals surface area (Å²) in [7, 11) is -1.64. The molecule has 7 nitrogen and oxygen atoms in total. The monoisotopic (exact) mass is 388 g/mol. The Kier molecular flexibility index (Phi) is 5.88. The van der Waals surface area contributed by atoms with E-state index in [-0.39, 0.29) is 17.3 Å². The zero-order valence-electron chi connectivity index (χ0n) is 15.6. The molecule has 1 saturated heterocycles. The first-order valence-electron chi connectivity index (χ1n) is 8.85. The fourth-order valence-corrected chi connectivity index (χ4v) is 4.40. The van der Waals surface area contributed by atoms with Gasteiger partial charge in [-0.1, -0.05) is 12.1 Å². The summed E-state index contributed by atoms with van der Waals surface area (Å²) in [6, 6.07) is 10.2. The van der Waals surface area contributed by atoms with E-state index in [4.69, 9.17) is 0 Å². The lowest BCUT2D eigenvalue weighted by atomic mass is 10.1. The van der Waals surface area contributed by atoms with Crippen LogP contribution in [0.1, 0.15) is 21.6 Å². The molecule has 1 aliphatic rings. The van der Waals surface area contributed by atoms with Gasteiger partial charge >= 0.3 is 0 Å². The van der Waals surface area contributed by atoms with Crippen LogP contribution >= 0.6 is 0 Å². The second-order valence-corrected chi connectivity index (χ2v) is 8.63. The van der Waals surface area contributed by atoms with Crippen LogP contribution in [0.5, 0.6) is 0 Å². The Morgan fingerprint density at radius 2 is 1.89 bits per heavy atom. The van der Waals surface area contributed by atoms with Gasteiger partial charge < -0.3 is 10.2 Å². The number of rotatable bonds is 5. The van der Waals surface area contributed by atoms with Crippen molar-refractivity contribution in [2.24, 2.45) is 0 Å². The summed E-state index contributed by atoms with van der Waals surface area (Å²) < 4.78 is 27.3. The molecular weight excluding hydrogens is 364 g/mol. The predicted molar refractivity (Wildman–Crippen MR) is 103 cm³/mol. The molecule has 0 atom stereocenters. The van der Waals surface area contributed by atoms with Gasteiger partial charge in [-0.2, -0.15) is 4.31 Å². The van der Waals surface area contributed by atoms with Crippen molar-refractivity contribution in [2.75, 3.05) is 33.2 Å². The van der Waals surface area contributed by atoms with Gasteiger partial charge in [0.25, 0.3) is 5.91 Å². The zero-order valence-corrected chi connectivity index (χ0v) is 16.4. The third-order valence-corrected chi connectivity index (χ3v) is 6.60. The summed E-state index contributed by atoms with van der Waals surface area (Å²) >= 11 is 0. The molecule has 0 aliphatic carbocycles. The van der Waals surface area contributed by atoms with Crippen molar-refractivity contribution in [3.05, 3.63) is 59.4 Å². The molecule has 1 fully saturated rings. The number of hydrogen-bond acceptors (Lipinski definition) is 5.